The van der Waals surface area contributed by atoms with Crippen molar-refractivity contribution in [2.24, 2.45) is 23.7 Å². The van der Waals surface area contributed by atoms with Crippen LogP contribution in [0.25, 0.3) is 0 Å². The molecule has 0 aromatic rings. The highest BCUT2D eigenvalue weighted by molar-refractivity contribution is 4.99. The fraction of sp³-hybridized carbons (Fsp3) is 1.00. The van der Waals surface area contributed by atoms with Gasteiger partial charge in [-0.1, -0.05) is 61.3 Å². The summed E-state index contributed by atoms with van der Waals surface area (Å²) >= 11 is 0. The molecule has 1 nitrogen and oxygen atoms in total. The predicted octanol–water partition coefficient (Wildman–Crippen LogP) is 5.93. The summed E-state index contributed by atoms with van der Waals surface area (Å²) in [6.45, 7) is 16.0. The van der Waals surface area contributed by atoms with Crippen LogP contribution < -0.4 is 0 Å². The van der Waals surface area contributed by atoms with E-state index >= 15 is 0 Å². The minimum Gasteiger partial charge on any atom is -0.378 e. The van der Waals surface area contributed by atoms with Crippen LogP contribution in [0.1, 0.15) is 80.6 Å². The van der Waals surface area contributed by atoms with Crippen molar-refractivity contribution in [1.29, 1.82) is 0 Å². The molecule has 5 atom stereocenters. The number of unbranched alkanes of at least 4 members (excludes halogenated alkanes) is 1. The molecule has 2 rings (SSSR count). The van der Waals surface area contributed by atoms with Gasteiger partial charge in [0, 0.05) is 6.61 Å². The molecule has 0 saturated heterocycles. The fourth-order valence-electron chi connectivity index (χ4n) is 4.00. The van der Waals surface area contributed by atoms with Crippen molar-refractivity contribution in [3.05, 3.63) is 0 Å². The maximum absolute atomic E-state index is 6.04. The van der Waals surface area contributed by atoms with Crippen LogP contribution in [0, 0.1) is 23.7 Å². The zero-order valence-electron chi connectivity index (χ0n) is 14.5. The fourth-order valence-corrected chi connectivity index (χ4v) is 4.00. The van der Waals surface area contributed by atoms with Gasteiger partial charge in [-0.2, -0.15) is 0 Å². The molecule has 2 bridgehead atoms. The van der Waals surface area contributed by atoms with Gasteiger partial charge in [-0.15, -0.1) is 0 Å². The average molecular weight is 271 g/mol. The lowest BCUT2D eigenvalue weighted by atomic mass is 9.78. The van der Waals surface area contributed by atoms with Crippen molar-refractivity contribution in [2.75, 3.05) is 6.61 Å². The molecule has 0 amide bonds. The summed E-state index contributed by atoms with van der Waals surface area (Å²) in [6, 6.07) is 0. The van der Waals surface area contributed by atoms with Crippen LogP contribution in [-0.4, -0.2) is 12.7 Å². The van der Waals surface area contributed by atoms with Crippen LogP contribution in [0.2, 0.25) is 0 Å². The van der Waals surface area contributed by atoms with Gasteiger partial charge in [-0.05, 0) is 42.9 Å². The molecule has 0 aromatic heterocycles. The van der Waals surface area contributed by atoms with Crippen molar-refractivity contribution in [1.82, 2.24) is 0 Å². The lowest BCUT2D eigenvalue weighted by Gasteiger charge is -2.33. The second kappa shape index (κ2) is 10.7. The van der Waals surface area contributed by atoms with Crippen LogP contribution >= 0.6 is 0 Å². The highest BCUT2D eigenvalue weighted by atomic mass is 16.5. The van der Waals surface area contributed by atoms with Crippen molar-refractivity contribution >= 4 is 0 Å². The van der Waals surface area contributed by atoms with E-state index in [9.17, 15) is 0 Å². The minimum atomic E-state index is 0.611. The van der Waals surface area contributed by atoms with Gasteiger partial charge in [0.25, 0.3) is 0 Å². The highest BCUT2D eigenvalue weighted by Crippen LogP contribution is 2.54. The highest BCUT2D eigenvalue weighted by Gasteiger charge is 2.50. The first-order chi connectivity index (χ1) is 9.27. The zero-order valence-corrected chi connectivity index (χ0v) is 14.5. The van der Waals surface area contributed by atoms with E-state index in [1.54, 1.807) is 0 Å². The van der Waals surface area contributed by atoms with Gasteiger partial charge in [-0.25, -0.2) is 0 Å². The van der Waals surface area contributed by atoms with Crippen LogP contribution in [0.15, 0.2) is 0 Å². The molecule has 0 spiro atoms. The molecule has 2 saturated carbocycles. The molecule has 0 heterocycles. The number of fused-ring (bicyclic) bond motifs is 2. The van der Waals surface area contributed by atoms with E-state index in [-0.39, 0.29) is 0 Å². The molecule has 5 unspecified atom stereocenters. The van der Waals surface area contributed by atoms with E-state index in [0.717, 1.165) is 30.3 Å². The Balaban J connectivity index is 0.000000741. The Bertz CT molecular complexity index is 200. The third kappa shape index (κ3) is 4.77. The Hall–Kier alpha value is -0.0400. The number of rotatable bonds is 5. The molecular weight excluding hydrogens is 232 g/mol. The first-order valence-electron chi connectivity index (χ1n) is 8.89. The topological polar surface area (TPSA) is 9.23 Å². The quantitative estimate of drug-likeness (QED) is 0.563. The third-order valence-corrected chi connectivity index (χ3v) is 4.84. The van der Waals surface area contributed by atoms with E-state index in [1.165, 1.54) is 32.1 Å². The van der Waals surface area contributed by atoms with Crippen molar-refractivity contribution < 1.29 is 4.74 Å². The second-order valence-electron chi connectivity index (χ2n) is 5.59. The van der Waals surface area contributed by atoms with E-state index in [0.29, 0.717) is 6.10 Å². The smallest absolute Gasteiger partial charge is 0.0608 e. The minimum absolute atomic E-state index is 0.611. The molecule has 0 aromatic carbocycles. The van der Waals surface area contributed by atoms with Gasteiger partial charge >= 0.3 is 0 Å². The molecule has 19 heavy (non-hydrogen) atoms. The van der Waals surface area contributed by atoms with E-state index in [2.05, 4.69) is 20.8 Å². The Labute approximate surface area is 122 Å². The predicted molar refractivity (Wildman–Crippen MR) is 86.5 cm³/mol. The normalized spacial score (nSPS) is 35.2. The van der Waals surface area contributed by atoms with Gasteiger partial charge in [-0.3, -0.25) is 0 Å². The van der Waals surface area contributed by atoms with Crippen LogP contribution in [0.4, 0.5) is 0 Å². The molecular formula is C18H38O. The Kier molecular flexibility index (Phi) is 10.7. The SMILES string of the molecule is CC.CC.CCCCOC1CC2CC1C(C)C2CC. The molecule has 2 aliphatic carbocycles. The average Bonchev–Trinajstić information content (AvgIpc) is 3.01. The Morgan fingerprint density at radius 2 is 1.63 bits per heavy atom. The molecule has 0 radical (unpaired) electrons. The monoisotopic (exact) mass is 270 g/mol. The van der Waals surface area contributed by atoms with Gasteiger partial charge in [0.15, 0.2) is 0 Å². The lowest BCUT2D eigenvalue weighted by Crippen LogP contribution is -2.31. The van der Waals surface area contributed by atoms with Gasteiger partial charge in [0.05, 0.1) is 6.10 Å². The summed E-state index contributed by atoms with van der Waals surface area (Å²) in [5.41, 5.74) is 0. The molecule has 116 valence electrons. The Morgan fingerprint density at radius 3 is 2.11 bits per heavy atom. The second-order valence-corrected chi connectivity index (χ2v) is 5.59. The zero-order chi connectivity index (χ0) is 14.8. The van der Waals surface area contributed by atoms with Gasteiger partial charge in [0.2, 0.25) is 0 Å². The lowest BCUT2D eigenvalue weighted by molar-refractivity contribution is -0.0138. The van der Waals surface area contributed by atoms with E-state index in [1.807, 2.05) is 27.7 Å². The molecule has 0 N–H and O–H groups in total. The summed E-state index contributed by atoms with van der Waals surface area (Å²) < 4.78 is 6.04. The summed E-state index contributed by atoms with van der Waals surface area (Å²) in [5, 5.41) is 0. The summed E-state index contributed by atoms with van der Waals surface area (Å²) in [5.74, 6) is 3.79. The van der Waals surface area contributed by atoms with Gasteiger partial charge in [0.1, 0.15) is 0 Å². The summed E-state index contributed by atoms with van der Waals surface area (Å²) in [7, 11) is 0. The van der Waals surface area contributed by atoms with Crippen LogP contribution in [0.3, 0.4) is 0 Å². The largest absolute Gasteiger partial charge is 0.378 e. The third-order valence-electron chi connectivity index (χ3n) is 4.84. The number of hydrogen-bond donors (Lipinski definition) is 0. The number of hydrogen-bond acceptors (Lipinski definition) is 1. The van der Waals surface area contributed by atoms with Crippen molar-refractivity contribution in [2.45, 2.75) is 86.7 Å². The first kappa shape index (κ1) is 19.0. The van der Waals surface area contributed by atoms with Crippen molar-refractivity contribution in [3.8, 4) is 0 Å². The standard InChI is InChI=1S/C14H26O.2C2H6/c1-4-6-7-15-14-9-11-8-13(14)10(3)12(11)5-2;2*1-2/h10-14H,4-9H2,1-3H3;2*1-2H3. The first-order valence-corrected chi connectivity index (χ1v) is 8.89. The van der Waals surface area contributed by atoms with Crippen LogP contribution in [0.5, 0.6) is 0 Å². The van der Waals surface area contributed by atoms with E-state index < -0.39 is 0 Å². The summed E-state index contributed by atoms with van der Waals surface area (Å²) in [6.07, 6.45) is 7.30. The molecule has 2 fully saturated rings. The van der Waals surface area contributed by atoms with Gasteiger partial charge < -0.3 is 4.74 Å². The Morgan fingerprint density at radius 1 is 1.00 bits per heavy atom. The maximum atomic E-state index is 6.04. The molecule has 2 aliphatic rings. The molecule has 1 heteroatoms. The maximum Gasteiger partial charge on any atom is 0.0608 e. The molecule has 0 aliphatic heterocycles. The summed E-state index contributed by atoms with van der Waals surface area (Å²) in [4.78, 5) is 0. The van der Waals surface area contributed by atoms with Crippen LogP contribution in [-0.2, 0) is 4.74 Å². The number of ether oxygens (including phenoxy) is 1. The van der Waals surface area contributed by atoms with Crippen molar-refractivity contribution in [3.63, 3.8) is 0 Å². The van der Waals surface area contributed by atoms with E-state index in [4.69, 9.17) is 4.74 Å².